The van der Waals surface area contributed by atoms with E-state index in [4.69, 9.17) is 9.84 Å². The molecular formula is C18H24N2O5. The first kappa shape index (κ1) is 18.8. The van der Waals surface area contributed by atoms with Crippen LogP contribution in [0.5, 0.6) is 0 Å². The van der Waals surface area contributed by atoms with E-state index in [0.717, 1.165) is 31.2 Å². The molecule has 0 spiro atoms. The smallest absolute Gasteiger partial charge is 0.408 e. The predicted molar refractivity (Wildman–Crippen MR) is 90.8 cm³/mol. The molecule has 1 aliphatic rings. The molecule has 0 unspecified atom stereocenters. The van der Waals surface area contributed by atoms with Crippen molar-refractivity contribution in [3.05, 3.63) is 35.9 Å². The Bertz CT molecular complexity index is 599. The van der Waals surface area contributed by atoms with Crippen LogP contribution in [0.2, 0.25) is 0 Å². The molecule has 2 rings (SSSR count). The number of ether oxygens (including phenoxy) is 1. The van der Waals surface area contributed by atoms with Gasteiger partial charge in [-0.15, -0.1) is 0 Å². The third-order valence-corrected chi connectivity index (χ3v) is 4.27. The van der Waals surface area contributed by atoms with E-state index in [0.29, 0.717) is 0 Å². The van der Waals surface area contributed by atoms with Gasteiger partial charge in [-0.25, -0.2) is 4.79 Å². The monoisotopic (exact) mass is 348 g/mol. The molecule has 2 N–H and O–H groups in total. The van der Waals surface area contributed by atoms with Crippen LogP contribution in [-0.2, 0) is 20.9 Å². The van der Waals surface area contributed by atoms with E-state index in [1.54, 1.807) is 0 Å². The normalized spacial score (nSPS) is 15.4. The van der Waals surface area contributed by atoms with E-state index in [1.165, 1.54) is 11.8 Å². The summed E-state index contributed by atoms with van der Waals surface area (Å²) < 4.78 is 5.10. The third-order valence-electron chi connectivity index (χ3n) is 4.27. The summed E-state index contributed by atoms with van der Waals surface area (Å²) in [6, 6.07) is 8.29. The number of alkyl carbamates (subject to hydrolysis) is 1. The van der Waals surface area contributed by atoms with Gasteiger partial charge < -0.3 is 20.1 Å². The van der Waals surface area contributed by atoms with Crippen molar-refractivity contribution in [1.29, 1.82) is 0 Å². The maximum absolute atomic E-state index is 12.6. The van der Waals surface area contributed by atoms with Crippen molar-refractivity contribution in [2.24, 2.45) is 0 Å². The summed E-state index contributed by atoms with van der Waals surface area (Å²) in [5, 5.41) is 11.5. The molecule has 0 bridgehead atoms. The maximum Gasteiger partial charge on any atom is 0.408 e. The van der Waals surface area contributed by atoms with Crippen LogP contribution < -0.4 is 5.32 Å². The van der Waals surface area contributed by atoms with Crippen LogP contribution in [0, 0.1) is 0 Å². The molecule has 0 aromatic heterocycles. The summed E-state index contributed by atoms with van der Waals surface area (Å²) in [5.41, 5.74) is 0.843. The number of amides is 2. The fourth-order valence-corrected chi connectivity index (χ4v) is 3.00. The predicted octanol–water partition coefficient (Wildman–Crippen LogP) is 2.16. The largest absolute Gasteiger partial charge is 0.480 e. The van der Waals surface area contributed by atoms with Crippen molar-refractivity contribution in [3.8, 4) is 0 Å². The Morgan fingerprint density at radius 1 is 1.24 bits per heavy atom. The summed E-state index contributed by atoms with van der Waals surface area (Å²) in [6.45, 7) is 1.29. The molecule has 0 saturated heterocycles. The molecule has 0 radical (unpaired) electrons. The molecule has 2 amide bonds. The van der Waals surface area contributed by atoms with Crippen LogP contribution in [0.1, 0.15) is 38.2 Å². The van der Waals surface area contributed by atoms with Crippen molar-refractivity contribution in [3.63, 3.8) is 0 Å². The number of hydrogen-bond acceptors (Lipinski definition) is 4. The van der Waals surface area contributed by atoms with Gasteiger partial charge in [0.2, 0.25) is 5.91 Å². The molecular weight excluding hydrogens is 324 g/mol. The summed E-state index contributed by atoms with van der Waals surface area (Å²) >= 11 is 0. The Morgan fingerprint density at radius 2 is 1.88 bits per heavy atom. The van der Waals surface area contributed by atoms with Crippen LogP contribution in [0.25, 0.3) is 0 Å². The highest BCUT2D eigenvalue weighted by Crippen LogP contribution is 2.24. The van der Waals surface area contributed by atoms with Crippen LogP contribution in [-0.4, -0.2) is 46.6 Å². The summed E-state index contributed by atoms with van der Waals surface area (Å²) in [6.07, 6.45) is 2.85. The molecule has 7 heteroatoms. The highest BCUT2D eigenvalue weighted by Gasteiger charge is 2.31. The maximum atomic E-state index is 12.6. The number of rotatable bonds is 7. The average Bonchev–Trinajstić information content (AvgIpc) is 3.12. The van der Waals surface area contributed by atoms with Crippen molar-refractivity contribution < 1.29 is 24.2 Å². The number of nitrogens with zero attached hydrogens (tertiary/aromatic N) is 1. The Kier molecular flexibility index (Phi) is 6.80. The molecule has 1 fully saturated rings. The lowest BCUT2D eigenvalue weighted by atomic mass is 10.1. The molecule has 136 valence electrons. The Balaban J connectivity index is 1.87. The second-order valence-electron chi connectivity index (χ2n) is 6.23. The number of hydrogen-bond donors (Lipinski definition) is 2. The van der Waals surface area contributed by atoms with Gasteiger partial charge in [-0.05, 0) is 25.3 Å². The summed E-state index contributed by atoms with van der Waals surface area (Å²) in [7, 11) is 0. The minimum Gasteiger partial charge on any atom is -0.480 e. The van der Waals surface area contributed by atoms with Gasteiger partial charge >= 0.3 is 12.1 Å². The minimum absolute atomic E-state index is 0.0758. The molecule has 1 aromatic carbocycles. The Morgan fingerprint density at radius 3 is 2.48 bits per heavy atom. The number of carbonyl (C=O) groups excluding carboxylic acids is 2. The Labute approximate surface area is 147 Å². The fourth-order valence-electron chi connectivity index (χ4n) is 3.00. The first-order chi connectivity index (χ1) is 12.0. The zero-order valence-corrected chi connectivity index (χ0v) is 14.3. The second kappa shape index (κ2) is 9.05. The van der Waals surface area contributed by atoms with Crippen LogP contribution >= 0.6 is 0 Å². The van der Waals surface area contributed by atoms with Gasteiger partial charge in [0.15, 0.2) is 0 Å². The lowest BCUT2D eigenvalue weighted by Gasteiger charge is -2.30. The van der Waals surface area contributed by atoms with Crippen molar-refractivity contribution in [1.82, 2.24) is 10.2 Å². The van der Waals surface area contributed by atoms with E-state index in [-0.39, 0.29) is 19.2 Å². The number of nitrogens with one attached hydrogen (secondary N) is 1. The van der Waals surface area contributed by atoms with Gasteiger partial charge in [-0.1, -0.05) is 43.2 Å². The van der Waals surface area contributed by atoms with Gasteiger partial charge in [0, 0.05) is 6.04 Å². The molecule has 7 nitrogen and oxygen atoms in total. The standard InChI is InChI=1S/C18H24N2O5/c1-13(19-18(24)25-12-14-7-3-2-4-8-14)17(23)20(11-16(21)22)15-9-5-6-10-15/h2-4,7-8,13,15H,5-6,9-12H2,1H3,(H,19,24)(H,21,22)/t13-/m0/s1. The zero-order valence-electron chi connectivity index (χ0n) is 14.3. The van der Waals surface area contributed by atoms with Crippen LogP contribution in [0.15, 0.2) is 30.3 Å². The number of carboxylic acid groups (broad SMARTS) is 1. The molecule has 25 heavy (non-hydrogen) atoms. The van der Waals surface area contributed by atoms with Crippen LogP contribution in [0.4, 0.5) is 4.79 Å². The van der Waals surface area contributed by atoms with Gasteiger partial charge in [0.05, 0.1) is 0 Å². The summed E-state index contributed by atoms with van der Waals surface area (Å²) in [4.78, 5) is 36.9. The molecule has 1 atom stereocenters. The van der Waals surface area contributed by atoms with Crippen molar-refractivity contribution >= 4 is 18.0 Å². The van der Waals surface area contributed by atoms with Crippen molar-refractivity contribution in [2.75, 3.05) is 6.54 Å². The molecule has 0 aliphatic heterocycles. The van der Waals surface area contributed by atoms with E-state index in [1.807, 2.05) is 30.3 Å². The first-order valence-electron chi connectivity index (χ1n) is 8.47. The first-order valence-corrected chi connectivity index (χ1v) is 8.47. The van der Waals surface area contributed by atoms with Gasteiger partial charge in [0.1, 0.15) is 19.2 Å². The highest BCUT2D eigenvalue weighted by atomic mass is 16.5. The minimum atomic E-state index is -1.06. The van der Waals surface area contributed by atoms with E-state index >= 15 is 0 Å². The zero-order chi connectivity index (χ0) is 18.2. The number of carboxylic acids is 1. The van der Waals surface area contributed by atoms with E-state index in [2.05, 4.69) is 5.32 Å². The SMILES string of the molecule is C[C@H](NC(=O)OCc1ccccc1)C(=O)N(CC(=O)O)C1CCCC1. The average molecular weight is 348 g/mol. The number of aliphatic carboxylic acids is 1. The van der Waals surface area contributed by atoms with E-state index < -0.39 is 24.0 Å². The van der Waals surface area contributed by atoms with Crippen molar-refractivity contribution in [2.45, 2.75) is 51.3 Å². The van der Waals surface area contributed by atoms with Gasteiger partial charge in [-0.3, -0.25) is 9.59 Å². The number of benzene rings is 1. The molecule has 1 aromatic rings. The van der Waals surface area contributed by atoms with E-state index in [9.17, 15) is 14.4 Å². The second-order valence-corrected chi connectivity index (χ2v) is 6.23. The lowest BCUT2D eigenvalue weighted by molar-refractivity contribution is -0.146. The third kappa shape index (κ3) is 5.77. The topological polar surface area (TPSA) is 95.9 Å². The Hall–Kier alpha value is -2.57. The molecule has 0 heterocycles. The van der Waals surface area contributed by atoms with Crippen LogP contribution in [0.3, 0.4) is 0 Å². The number of carbonyl (C=O) groups is 3. The van der Waals surface area contributed by atoms with Gasteiger partial charge in [0.25, 0.3) is 0 Å². The lowest BCUT2D eigenvalue weighted by Crippen LogP contribution is -2.51. The highest BCUT2D eigenvalue weighted by molar-refractivity contribution is 5.88. The molecule has 1 saturated carbocycles. The fraction of sp³-hybridized carbons (Fsp3) is 0.500. The molecule has 1 aliphatic carbocycles. The van der Waals surface area contributed by atoms with Gasteiger partial charge in [-0.2, -0.15) is 0 Å². The quantitative estimate of drug-likeness (QED) is 0.787. The summed E-state index contributed by atoms with van der Waals surface area (Å²) in [5.74, 6) is -1.45.